The molecular weight excluding hydrogens is 328 g/mol. The van der Waals surface area contributed by atoms with Gasteiger partial charge in [-0.1, -0.05) is 29.5 Å². The van der Waals surface area contributed by atoms with Crippen LogP contribution in [-0.2, 0) is 0 Å². The number of amides is 1. The zero-order valence-electron chi connectivity index (χ0n) is 12.4. The van der Waals surface area contributed by atoms with Crippen molar-refractivity contribution in [3.8, 4) is 0 Å². The predicted octanol–water partition coefficient (Wildman–Crippen LogP) is 3.27. The molecule has 4 rings (SSSR count). The van der Waals surface area contributed by atoms with E-state index in [1.807, 2.05) is 41.3 Å². The van der Waals surface area contributed by atoms with E-state index in [0.29, 0.717) is 6.54 Å². The third-order valence-electron chi connectivity index (χ3n) is 3.84. The topological polar surface area (TPSA) is 71.2 Å². The van der Waals surface area contributed by atoms with E-state index in [1.54, 1.807) is 11.3 Å². The molecule has 0 spiro atoms. The van der Waals surface area contributed by atoms with Gasteiger partial charge in [0.05, 0.1) is 9.58 Å². The van der Waals surface area contributed by atoms with Crippen LogP contribution in [0.4, 0.5) is 10.8 Å². The maximum Gasteiger partial charge on any atom is 0.264 e. The van der Waals surface area contributed by atoms with Crippen LogP contribution in [0, 0.1) is 0 Å². The smallest absolute Gasteiger partial charge is 0.264 e. The Balaban J connectivity index is 1.53. The normalized spacial score (nSPS) is 17.8. The number of hydrogen-bond acceptors (Lipinski definition) is 6. The van der Waals surface area contributed by atoms with Crippen molar-refractivity contribution in [1.29, 1.82) is 0 Å². The second kappa shape index (κ2) is 5.92. The van der Waals surface area contributed by atoms with Crippen molar-refractivity contribution in [3.63, 3.8) is 0 Å². The zero-order chi connectivity index (χ0) is 15.8. The van der Waals surface area contributed by atoms with E-state index in [0.717, 1.165) is 38.2 Å². The highest BCUT2D eigenvalue weighted by molar-refractivity contribution is 7.29. The Hall–Kier alpha value is -1.96. The third-order valence-corrected chi connectivity index (χ3v) is 5.90. The number of rotatable bonds is 3. The minimum absolute atomic E-state index is 0.0747. The highest BCUT2D eigenvalue weighted by atomic mass is 32.1. The molecule has 2 aromatic heterocycles. The molecule has 1 aromatic carbocycles. The second-order valence-electron chi connectivity index (χ2n) is 5.59. The lowest BCUT2D eigenvalue weighted by Gasteiger charge is -2.13. The number of likely N-dealkylation sites (tertiary alicyclic amines) is 1. The van der Waals surface area contributed by atoms with Gasteiger partial charge in [-0.25, -0.2) is 4.98 Å². The van der Waals surface area contributed by atoms with Crippen molar-refractivity contribution in [2.24, 2.45) is 5.73 Å². The molecule has 3 N–H and O–H groups in total. The molecule has 1 atom stereocenters. The number of hydrogen-bond donors (Lipinski definition) is 2. The Morgan fingerprint density at radius 1 is 1.30 bits per heavy atom. The number of para-hydroxylation sites is 1. The zero-order valence-corrected chi connectivity index (χ0v) is 14.0. The van der Waals surface area contributed by atoms with Gasteiger partial charge in [-0.3, -0.25) is 4.79 Å². The fraction of sp³-hybridized carbons (Fsp3) is 0.250. The molecule has 1 amide bonds. The lowest BCUT2D eigenvalue weighted by atomic mass is 10.3. The van der Waals surface area contributed by atoms with E-state index in [1.165, 1.54) is 11.3 Å². The van der Waals surface area contributed by atoms with Crippen LogP contribution < -0.4 is 11.1 Å². The summed E-state index contributed by atoms with van der Waals surface area (Å²) >= 11 is 3.02. The number of carbonyl (C=O) groups excluding carboxylic acids is 1. The van der Waals surface area contributed by atoms with E-state index in [4.69, 9.17) is 5.73 Å². The SMILES string of the molecule is N[C@H]1CCN(C(=O)c2cc3sc(Nc4ccccc4)nc3s2)C1. The van der Waals surface area contributed by atoms with Gasteiger partial charge in [0.1, 0.15) is 4.83 Å². The van der Waals surface area contributed by atoms with Crippen LogP contribution in [0.1, 0.15) is 16.1 Å². The monoisotopic (exact) mass is 344 g/mol. The lowest BCUT2D eigenvalue weighted by Crippen LogP contribution is -2.31. The summed E-state index contributed by atoms with van der Waals surface area (Å²) in [6, 6.07) is 12.0. The summed E-state index contributed by atoms with van der Waals surface area (Å²) in [6.07, 6.45) is 0.884. The average molecular weight is 344 g/mol. The Kier molecular flexibility index (Phi) is 3.76. The molecule has 3 heterocycles. The summed E-state index contributed by atoms with van der Waals surface area (Å²) in [5.41, 5.74) is 6.89. The summed E-state index contributed by atoms with van der Waals surface area (Å²) in [7, 11) is 0. The molecule has 118 valence electrons. The number of carbonyl (C=O) groups is 1. The second-order valence-corrected chi connectivity index (χ2v) is 7.65. The molecule has 7 heteroatoms. The molecule has 0 unspecified atom stereocenters. The van der Waals surface area contributed by atoms with E-state index in [-0.39, 0.29) is 11.9 Å². The first kappa shape index (κ1) is 14.6. The molecule has 1 aliphatic rings. The first-order chi connectivity index (χ1) is 11.2. The Morgan fingerprint density at radius 2 is 2.13 bits per heavy atom. The number of nitrogens with zero attached hydrogens (tertiary/aromatic N) is 2. The molecule has 1 aliphatic heterocycles. The Bertz CT molecular complexity index is 811. The first-order valence-electron chi connectivity index (χ1n) is 7.46. The number of anilines is 2. The molecule has 0 bridgehead atoms. The average Bonchev–Trinajstić information content (AvgIpc) is 3.22. The summed E-state index contributed by atoms with van der Waals surface area (Å²) < 4.78 is 1.04. The molecule has 0 aliphatic carbocycles. The minimum atomic E-state index is 0.0747. The number of fused-ring (bicyclic) bond motifs is 1. The van der Waals surface area contributed by atoms with Gasteiger partial charge < -0.3 is 16.0 Å². The first-order valence-corrected chi connectivity index (χ1v) is 9.09. The molecule has 1 fully saturated rings. The largest absolute Gasteiger partial charge is 0.336 e. The fourth-order valence-electron chi connectivity index (χ4n) is 2.67. The quantitative estimate of drug-likeness (QED) is 0.765. The Morgan fingerprint density at radius 3 is 2.83 bits per heavy atom. The molecule has 3 aromatic rings. The van der Waals surface area contributed by atoms with E-state index in [9.17, 15) is 4.79 Å². The van der Waals surface area contributed by atoms with Crippen molar-refractivity contribution in [3.05, 3.63) is 41.3 Å². The van der Waals surface area contributed by atoms with Gasteiger partial charge in [0, 0.05) is 24.8 Å². The highest BCUT2D eigenvalue weighted by Crippen LogP contribution is 2.34. The number of nitrogens with two attached hydrogens (primary N) is 1. The van der Waals surface area contributed by atoms with Gasteiger partial charge in [0.25, 0.3) is 5.91 Å². The fourth-order valence-corrected chi connectivity index (χ4v) is 4.77. The molecule has 0 radical (unpaired) electrons. The van der Waals surface area contributed by atoms with Gasteiger partial charge in [-0.15, -0.1) is 11.3 Å². The van der Waals surface area contributed by atoms with Crippen LogP contribution in [-0.4, -0.2) is 34.9 Å². The lowest BCUT2D eigenvalue weighted by molar-refractivity contribution is 0.0795. The van der Waals surface area contributed by atoms with Gasteiger partial charge >= 0.3 is 0 Å². The van der Waals surface area contributed by atoms with Crippen LogP contribution in [0.15, 0.2) is 36.4 Å². The van der Waals surface area contributed by atoms with E-state index < -0.39 is 0 Å². The summed E-state index contributed by atoms with van der Waals surface area (Å²) in [5, 5.41) is 4.14. The van der Waals surface area contributed by atoms with Crippen molar-refractivity contribution in [2.45, 2.75) is 12.5 Å². The van der Waals surface area contributed by atoms with Crippen LogP contribution in [0.25, 0.3) is 9.53 Å². The van der Waals surface area contributed by atoms with Crippen LogP contribution in [0.2, 0.25) is 0 Å². The van der Waals surface area contributed by atoms with Gasteiger partial charge in [-0.05, 0) is 24.6 Å². The number of aromatic nitrogens is 1. The molecule has 1 saturated heterocycles. The number of thiophene rings is 1. The van der Waals surface area contributed by atoms with Crippen LogP contribution in [0.3, 0.4) is 0 Å². The third kappa shape index (κ3) is 2.95. The number of nitrogens with one attached hydrogen (secondary N) is 1. The minimum Gasteiger partial charge on any atom is -0.336 e. The van der Waals surface area contributed by atoms with Crippen molar-refractivity contribution in [1.82, 2.24) is 9.88 Å². The predicted molar refractivity (Wildman–Crippen MR) is 95.7 cm³/mol. The molecule has 23 heavy (non-hydrogen) atoms. The van der Waals surface area contributed by atoms with E-state index in [2.05, 4.69) is 10.3 Å². The maximum absolute atomic E-state index is 12.5. The molecule has 0 saturated carbocycles. The van der Waals surface area contributed by atoms with Crippen molar-refractivity contribution < 1.29 is 4.79 Å². The van der Waals surface area contributed by atoms with Crippen molar-refractivity contribution >= 4 is 48.9 Å². The standard InChI is InChI=1S/C16H16N4OS2/c17-10-6-7-20(9-10)15(21)13-8-12-14(22-13)19-16(23-12)18-11-4-2-1-3-5-11/h1-5,8,10H,6-7,9,17H2,(H,18,19)/t10-/m0/s1. The van der Waals surface area contributed by atoms with Gasteiger partial charge in [0.2, 0.25) is 0 Å². The Labute approximate surface area is 141 Å². The summed E-state index contributed by atoms with van der Waals surface area (Å²) in [5.74, 6) is 0.0747. The number of thiazole rings is 1. The summed E-state index contributed by atoms with van der Waals surface area (Å²) in [4.78, 5) is 20.5. The van der Waals surface area contributed by atoms with Crippen LogP contribution >= 0.6 is 22.7 Å². The maximum atomic E-state index is 12.5. The summed E-state index contributed by atoms with van der Waals surface area (Å²) in [6.45, 7) is 1.40. The van der Waals surface area contributed by atoms with Gasteiger partial charge in [0.15, 0.2) is 5.13 Å². The van der Waals surface area contributed by atoms with Gasteiger partial charge in [-0.2, -0.15) is 0 Å². The van der Waals surface area contributed by atoms with Crippen molar-refractivity contribution in [2.75, 3.05) is 18.4 Å². The van der Waals surface area contributed by atoms with Crippen LogP contribution in [0.5, 0.6) is 0 Å². The molecular formula is C16H16N4OS2. The number of benzene rings is 1. The van der Waals surface area contributed by atoms with E-state index >= 15 is 0 Å². The highest BCUT2D eigenvalue weighted by Gasteiger charge is 2.26. The molecule has 5 nitrogen and oxygen atoms in total.